The molecule has 0 aromatic heterocycles. The molecule has 0 heterocycles. The number of halogens is 1. The minimum Gasteiger partial charge on any atom is -0.354 e. The molecule has 0 unspecified atom stereocenters. The Kier molecular flexibility index (Phi) is 11.6. The topological polar surface area (TPSA) is 49.4 Å². The molecule has 3 aromatic carbocycles. The Morgan fingerprint density at radius 2 is 1.59 bits per heavy atom. The standard InChI is InChI=1S/C31H37ClN2O2S/c1-23(2)21-33-31(36)29(20-25-8-5-4-6-9-25)34(22-26-13-11-24(3)12-14-26)30(35)10-7-19-37-28-17-15-27(32)16-18-28/h4-6,8-9,11-18,23,29H,7,10,19-22H2,1-3H3,(H,33,36)/t29-/m0/s1. The van der Waals surface area contributed by atoms with Gasteiger partial charge in [-0.05, 0) is 60.4 Å². The average molecular weight is 537 g/mol. The van der Waals surface area contributed by atoms with E-state index in [-0.39, 0.29) is 11.8 Å². The zero-order valence-corrected chi connectivity index (χ0v) is 23.5. The van der Waals surface area contributed by atoms with Gasteiger partial charge in [-0.3, -0.25) is 9.59 Å². The van der Waals surface area contributed by atoms with Gasteiger partial charge in [0.15, 0.2) is 0 Å². The zero-order valence-electron chi connectivity index (χ0n) is 22.0. The van der Waals surface area contributed by atoms with Crippen LogP contribution in [-0.4, -0.2) is 35.1 Å². The molecule has 0 aliphatic heterocycles. The van der Waals surface area contributed by atoms with Crippen LogP contribution in [0.5, 0.6) is 0 Å². The number of nitrogens with one attached hydrogen (secondary N) is 1. The van der Waals surface area contributed by atoms with Gasteiger partial charge in [-0.1, -0.05) is 85.6 Å². The lowest BCUT2D eigenvalue weighted by molar-refractivity contribution is -0.141. The van der Waals surface area contributed by atoms with Gasteiger partial charge in [0.05, 0.1) is 0 Å². The molecule has 3 aromatic rings. The molecule has 0 fully saturated rings. The second kappa shape index (κ2) is 14.8. The molecule has 0 bridgehead atoms. The summed E-state index contributed by atoms with van der Waals surface area (Å²) in [6.07, 6.45) is 1.58. The maximum atomic E-state index is 13.7. The first-order chi connectivity index (χ1) is 17.8. The van der Waals surface area contributed by atoms with Crippen LogP contribution in [0.3, 0.4) is 0 Å². The van der Waals surface area contributed by atoms with E-state index in [9.17, 15) is 9.59 Å². The molecule has 1 N–H and O–H groups in total. The summed E-state index contributed by atoms with van der Waals surface area (Å²) in [5, 5.41) is 3.79. The maximum Gasteiger partial charge on any atom is 0.243 e. The second-order valence-electron chi connectivity index (χ2n) is 9.76. The fourth-order valence-electron chi connectivity index (χ4n) is 3.95. The van der Waals surface area contributed by atoms with E-state index >= 15 is 0 Å². The molecule has 0 spiro atoms. The van der Waals surface area contributed by atoms with Crippen molar-refractivity contribution in [2.45, 2.75) is 57.5 Å². The molecule has 0 radical (unpaired) electrons. The Morgan fingerprint density at radius 1 is 0.919 bits per heavy atom. The summed E-state index contributed by atoms with van der Waals surface area (Å²) in [6, 6.07) is 25.3. The number of rotatable bonds is 13. The van der Waals surface area contributed by atoms with E-state index in [2.05, 4.69) is 19.2 Å². The third kappa shape index (κ3) is 9.90. The lowest BCUT2D eigenvalue weighted by atomic mass is 10.0. The summed E-state index contributed by atoms with van der Waals surface area (Å²) in [7, 11) is 0. The van der Waals surface area contributed by atoms with Gasteiger partial charge in [0, 0.05) is 35.8 Å². The first kappa shape index (κ1) is 28.8. The molecule has 37 heavy (non-hydrogen) atoms. The van der Waals surface area contributed by atoms with Gasteiger partial charge in [-0.25, -0.2) is 0 Å². The van der Waals surface area contributed by atoms with Gasteiger partial charge in [0.25, 0.3) is 0 Å². The van der Waals surface area contributed by atoms with Crippen molar-refractivity contribution >= 4 is 35.2 Å². The SMILES string of the molecule is Cc1ccc(CN(C(=O)CCCSc2ccc(Cl)cc2)[C@@H](Cc2ccccc2)C(=O)NCC(C)C)cc1. The fourth-order valence-corrected chi connectivity index (χ4v) is 4.93. The summed E-state index contributed by atoms with van der Waals surface area (Å²) in [4.78, 5) is 30.0. The number of carbonyl (C=O) groups is 2. The Balaban J connectivity index is 1.77. The van der Waals surface area contributed by atoms with Crippen LogP contribution in [0.2, 0.25) is 5.02 Å². The van der Waals surface area contributed by atoms with Crippen molar-refractivity contribution in [2.24, 2.45) is 5.92 Å². The predicted molar refractivity (Wildman–Crippen MR) is 155 cm³/mol. The van der Waals surface area contributed by atoms with Crippen molar-refractivity contribution in [1.82, 2.24) is 10.2 Å². The molecular weight excluding hydrogens is 500 g/mol. The van der Waals surface area contributed by atoms with Crippen LogP contribution < -0.4 is 5.32 Å². The summed E-state index contributed by atoms with van der Waals surface area (Å²) in [5.74, 6) is 1.04. The number of thioether (sulfide) groups is 1. The minimum atomic E-state index is -0.584. The Hall–Kier alpha value is -2.76. The highest BCUT2D eigenvalue weighted by atomic mass is 35.5. The van der Waals surface area contributed by atoms with E-state index in [1.54, 1.807) is 16.7 Å². The van der Waals surface area contributed by atoms with Gasteiger partial charge in [-0.15, -0.1) is 11.8 Å². The van der Waals surface area contributed by atoms with Gasteiger partial charge in [0.1, 0.15) is 6.04 Å². The number of benzene rings is 3. The van der Waals surface area contributed by atoms with E-state index in [4.69, 9.17) is 11.6 Å². The smallest absolute Gasteiger partial charge is 0.243 e. The Bertz CT molecular complexity index is 1120. The van der Waals surface area contributed by atoms with Crippen LogP contribution in [0.1, 0.15) is 43.4 Å². The third-order valence-electron chi connectivity index (χ3n) is 6.05. The number of amides is 2. The van der Waals surface area contributed by atoms with E-state index in [1.807, 2.05) is 85.8 Å². The molecule has 4 nitrogen and oxygen atoms in total. The first-order valence-corrected chi connectivity index (χ1v) is 14.2. The molecule has 0 aliphatic rings. The quantitative estimate of drug-likeness (QED) is 0.190. The fraction of sp³-hybridized carbons (Fsp3) is 0.355. The zero-order chi connectivity index (χ0) is 26.6. The molecule has 0 saturated carbocycles. The number of hydrogen-bond acceptors (Lipinski definition) is 3. The summed E-state index contributed by atoms with van der Waals surface area (Å²) >= 11 is 7.69. The number of carbonyl (C=O) groups excluding carboxylic acids is 2. The molecule has 0 saturated heterocycles. The van der Waals surface area contributed by atoms with E-state index in [0.29, 0.717) is 36.9 Å². The second-order valence-corrected chi connectivity index (χ2v) is 11.4. The van der Waals surface area contributed by atoms with Crippen molar-refractivity contribution < 1.29 is 9.59 Å². The highest BCUT2D eigenvalue weighted by Gasteiger charge is 2.30. The highest BCUT2D eigenvalue weighted by Crippen LogP contribution is 2.22. The van der Waals surface area contributed by atoms with Gasteiger partial charge >= 0.3 is 0 Å². The minimum absolute atomic E-state index is 0.00194. The maximum absolute atomic E-state index is 13.7. The lowest BCUT2D eigenvalue weighted by Crippen LogP contribution is -2.51. The predicted octanol–water partition coefficient (Wildman–Crippen LogP) is 6.93. The molecule has 3 rings (SSSR count). The van der Waals surface area contributed by atoms with Crippen molar-refractivity contribution in [3.05, 3.63) is 101 Å². The van der Waals surface area contributed by atoms with Crippen molar-refractivity contribution in [3.63, 3.8) is 0 Å². The van der Waals surface area contributed by atoms with Gasteiger partial charge in [0.2, 0.25) is 11.8 Å². The molecule has 1 atom stereocenters. The first-order valence-electron chi connectivity index (χ1n) is 12.9. The van der Waals surface area contributed by atoms with Crippen molar-refractivity contribution in [2.75, 3.05) is 12.3 Å². The summed E-state index contributed by atoms with van der Waals surface area (Å²) in [6.45, 7) is 7.16. The van der Waals surface area contributed by atoms with E-state index < -0.39 is 6.04 Å². The van der Waals surface area contributed by atoms with Crippen LogP contribution >= 0.6 is 23.4 Å². The third-order valence-corrected chi connectivity index (χ3v) is 7.40. The van der Waals surface area contributed by atoms with Crippen LogP contribution in [0.4, 0.5) is 0 Å². The van der Waals surface area contributed by atoms with Crippen LogP contribution in [0.25, 0.3) is 0 Å². The number of nitrogens with zero attached hydrogens (tertiary/aromatic N) is 1. The molecular formula is C31H37ClN2O2S. The van der Waals surface area contributed by atoms with Crippen LogP contribution in [0.15, 0.2) is 83.8 Å². The number of aryl methyl sites for hydroxylation is 1. The average Bonchev–Trinajstić information content (AvgIpc) is 2.89. The molecule has 0 aliphatic carbocycles. The number of hydrogen-bond donors (Lipinski definition) is 1. The Morgan fingerprint density at radius 3 is 2.24 bits per heavy atom. The molecule has 2 amide bonds. The van der Waals surface area contributed by atoms with E-state index in [1.165, 1.54) is 0 Å². The monoisotopic (exact) mass is 536 g/mol. The molecule has 6 heteroatoms. The normalized spacial score (nSPS) is 11.8. The Labute approximate surface area is 230 Å². The van der Waals surface area contributed by atoms with Gasteiger partial charge < -0.3 is 10.2 Å². The largest absolute Gasteiger partial charge is 0.354 e. The lowest BCUT2D eigenvalue weighted by Gasteiger charge is -2.32. The summed E-state index contributed by atoms with van der Waals surface area (Å²) in [5.41, 5.74) is 3.22. The highest BCUT2D eigenvalue weighted by molar-refractivity contribution is 7.99. The van der Waals surface area contributed by atoms with E-state index in [0.717, 1.165) is 33.8 Å². The summed E-state index contributed by atoms with van der Waals surface area (Å²) < 4.78 is 0. The van der Waals surface area contributed by atoms with Crippen molar-refractivity contribution in [1.29, 1.82) is 0 Å². The molecule has 196 valence electrons. The van der Waals surface area contributed by atoms with Gasteiger partial charge in [-0.2, -0.15) is 0 Å². The van der Waals surface area contributed by atoms with Crippen LogP contribution in [-0.2, 0) is 22.6 Å². The van der Waals surface area contributed by atoms with Crippen molar-refractivity contribution in [3.8, 4) is 0 Å². The van der Waals surface area contributed by atoms with Crippen LogP contribution in [0, 0.1) is 12.8 Å².